The number of fused-ring (bicyclic) bond motifs is 1. The second-order valence-electron chi connectivity index (χ2n) is 10.2. The number of rotatable bonds is 8. The Labute approximate surface area is 203 Å². The van der Waals surface area contributed by atoms with Crippen LogP contribution in [0.25, 0.3) is 0 Å². The molecule has 7 nitrogen and oxygen atoms in total. The predicted molar refractivity (Wildman–Crippen MR) is 131 cm³/mol. The highest BCUT2D eigenvalue weighted by Crippen LogP contribution is 2.30. The van der Waals surface area contributed by atoms with Crippen molar-refractivity contribution in [2.24, 2.45) is 5.92 Å². The molecule has 1 aromatic rings. The van der Waals surface area contributed by atoms with Crippen molar-refractivity contribution in [1.82, 2.24) is 15.1 Å². The SMILES string of the molecule is CCCN1CCC(c2ccc(C(=O)N[C@H](C(=O)N3CC[C@H]4OCC(=O)[C@H]43)C(C)CC)cc2)CC1. The number of Topliss-reactive ketones (excluding diaryl/α,β-unsaturated/α-hetero) is 1. The van der Waals surface area contributed by atoms with Gasteiger partial charge >= 0.3 is 0 Å². The summed E-state index contributed by atoms with van der Waals surface area (Å²) in [5, 5.41) is 2.99. The van der Waals surface area contributed by atoms with Gasteiger partial charge in [-0.2, -0.15) is 0 Å². The molecule has 0 aromatic heterocycles. The van der Waals surface area contributed by atoms with E-state index >= 15 is 0 Å². The van der Waals surface area contributed by atoms with Crippen molar-refractivity contribution in [3.05, 3.63) is 35.4 Å². The first-order chi connectivity index (χ1) is 16.4. The summed E-state index contributed by atoms with van der Waals surface area (Å²) in [4.78, 5) is 43.0. The Morgan fingerprint density at radius 1 is 1.09 bits per heavy atom. The predicted octanol–water partition coefficient (Wildman–Crippen LogP) is 2.99. The summed E-state index contributed by atoms with van der Waals surface area (Å²) in [6, 6.07) is 6.72. The normalized spacial score (nSPS) is 25.3. The van der Waals surface area contributed by atoms with Gasteiger partial charge in [-0.3, -0.25) is 14.4 Å². The number of carbonyl (C=O) groups excluding carboxylic acids is 3. The van der Waals surface area contributed by atoms with Crippen LogP contribution >= 0.6 is 0 Å². The average molecular weight is 470 g/mol. The summed E-state index contributed by atoms with van der Waals surface area (Å²) in [7, 11) is 0. The quantitative estimate of drug-likeness (QED) is 0.633. The van der Waals surface area contributed by atoms with E-state index in [0.29, 0.717) is 24.4 Å². The van der Waals surface area contributed by atoms with Crippen LogP contribution in [-0.2, 0) is 14.3 Å². The summed E-state index contributed by atoms with van der Waals surface area (Å²) in [6.45, 7) is 10.2. The lowest BCUT2D eigenvalue weighted by molar-refractivity contribution is -0.139. The first kappa shape index (κ1) is 24.9. The van der Waals surface area contributed by atoms with Crippen LogP contribution < -0.4 is 5.32 Å². The van der Waals surface area contributed by atoms with Gasteiger partial charge in [0.1, 0.15) is 18.7 Å². The van der Waals surface area contributed by atoms with E-state index in [1.807, 2.05) is 26.0 Å². The van der Waals surface area contributed by atoms with E-state index < -0.39 is 12.1 Å². The Kier molecular flexibility index (Phi) is 8.04. The third-order valence-electron chi connectivity index (χ3n) is 7.93. The van der Waals surface area contributed by atoms with Crippen LogP contribution in [0.1, 0.15) is 74.7 Å². The highest BCUT2D eigenvalue weighted by molar-refractivity contribution is 5.99. The molecule has 2 amide bonds. The smallest absolute Gasteiger partial charge is 0.251 e. The molecule has 4 atom stereocenters. The van der Waals surface area contributed by atoms with Crippen LogP contribution in [0.2, 0.25) is 0 Å². The van der Waals surface area contributed by atoms with Crippen LogP contribution in [-0.4, -0.2) is 78.4 Å². The number of nitrogens with one attached hydrogen (secondary N) is 1. The number of benzene rings is 1. The van der Waals surface area contributed by atoms with Gasteiger partial charge in [-0.1, -0.05) is 39.3 Å². The Morgan fingerprint density at radius 2 is 1.79 bits per heavy atom. The second-order valence-corrected chi connectivity index (χ2v) is 10.2. The third kappa shape index (κ3) is 5.20. The highest BCUT2D eigenvalue weighted by Gasteiger charge is 2.48. The molecule has 3 heterocycles. The summed E-state index contributed by atoms with van der Waals surface area (Å²) in [5.74, 6) is 0.0350. The fourth-order valence-electron chi connectivity index (χ4n) is 5.64. The van der Waals surface area contributed by atoms with Crippen molar-refractivity contribution in [2.45, 2.75) is 77.0 Å². The molecule has 3 fully saturated rings. The Morgan fingerprint density at radius 3 is 2.44 bits per heavy atom. The van der Waals surface area contributed by atoms with Gasteiger partial charge in [0, 0.05) is 12.1 Å². The van der Waals surface area contributed by atoms with E-state index in [1.54, 1.807) is 4.90 Å². The summed E-state index contributed by atoms with van der Waals surface area (Å²) >= 11 is 0. The molecule has 3 saturated heterocycles. The number of hydrogen-bond donors (Lipinski definition) is 1. The molecule has 7 heteroatoms. The molecule has 34 heavy (non-hydrogen) atoms. The zero-order valence-electron chi connectivity index (χ0n) is 20.8. The third-order valence-corrected chi connectivity index (χ3v) is 7.93. The van der Waals surface area contributed by atoms with Crippen LogP contribution in [0.15, 0.2) is 24.3 Å². The zero-order valence-corrected chi connectivity index (χ0v) is 20.8. The zero-order chi connectivity index (χ0) is 24.2. The van der Waals surface area contributed by atoms with Crippen molar-refractivity contribution in [3.8, 4) is 0 Å². The van der Waals surface area contributed by atoms with Gasteiger partial charge in [0.2, 0.25) is 5.91 Å². The molecule has 4 rings (SSSR count). The number of ether oxygens (including phenoxy) is 1. The number of ketones is 1. The van der Waals surface area contributed by atoms with Crippen LogP contribution in [0.3, 0.4) is 0 Å². The monoisotopic (exact) mass is 469 g/mol. The van der Waals surface area contributed by atoms with Gasteiger partial charge in [-0.25, -0.2) is 0 Å². The lowest BCUT2D eigenvalue weighted by Crippen LogP contribution is -2.54. The number of likely N-dealkylation sites (tertiary alicyclic amines) is 2. The molecule has 0 radical (unpaired) electrons. The molecule has 0 aliphatic carbocycles. The summed E-state index contributed by atoms with van der Waals surface area (Å²) < 4.78 is 5.53. The van der Waals surface area contributed by atoms with Crippen LogP contribution in [0, 0.1) is 5.92 Å². The maximum absolute atomic E-state index is 13.4. The molecule has 1 unspecified atom stereocenters. The van der Waals surface area contributed by atoms with E-state index in [-0.39, 0.29) is 36.2 Å². The fourth-order valence-corrected chi connectivity index (χ4v) is 5.64. The van der Waals surface area contributed by atoms with E-state index in [4.69, 9.17) is 4.74 Å². The van der Waals surface area contributed by atoms with E-state index in [0.717, 1.165) is 32.4 Å². The molecule has 0 bridgehead atoms. The molecule has 1 aromatic carbocycles. The fraction of sp³-hybridized carbons (Fsp3) is 0.667. The minimum atomic E-state index is -0.660. The standard InChI is InChI=1S/C27H39N3O4/c1-4-13-29-14-10-20(11-15-29)19-6-8-21(9-7-19)26(32)28-24(18(3)5-2)27(33)30-16-12-23-25(30)22(31)17-34-23/h6-9,18,20,23-25H,4-5,10-17H2,1-3H3,(H,28,32)/t18?,23-,24+,25-/m1/s1. The van der Waals surface area contributed by atoms with Gasteiger partial charge in [-0.15, -0.1) is 0 Å². The van der Waals surface area contributed by atoms with Gasteiger partial charge < -0.3 is 19.9 Å². The molecule has 1 N–H and O–H groups in total. The minimum Gasteiger partial charge on any atom is -0.368 e. The van der Waals surface area contributed by atoms with Crippen molar-refractivity contribution >= 4 is 17.6 Å². The van der Waals surface area contributed by atoms with Crippen molar-refractivity contribution in [1.29, 1.82) is 0 Å². The van der Waals surface area contributed by atoms with Crippen molar-refractivity contribution in [2.75, 3.05) is 32.8 Å². The molecular formula is C27H39N3O4. The molecular weight excluding hydrogens is 430 g/mol. The van der Waals surface area contributed by atoms with Crippen LogP contribution in [0.5, 0.6) is 0 Å². The molecule has 0 spiro atoms. The largest absolute Gasteiger partial charge is 0.368 e. The molecule has 3 aliphatic rings. The molecule has 0 saturated carbocycles. The average Bonchev–Trinajstić information content (AvgIpc) is 3.45. The number of amides is 2. The molecule has 3 aliphatic heterocycles. The summed E-state index contributed by atoms with van der Waals surface area (Å²) in [5.41, 5.74) is 1.85. The van der Waals surface area contributed by atoms with Gasteiger partial charge in [0.05, 0.1) is 6.10 Å². The van der Waals surface area contributed by atoms with Gasteiger partial charge in [0.15, 0.2) is 5.78 Å². The number of piperidine rings is 1. The first-order valence-electron chi connectivity index (χ1n) is 13.0. The highest BCUT2D eigenvalue weighted by atomic mass is 16.5. The minimum absolute atomic E-state index is 0.0406. The lowest BCUT2D eigenvalue weighted by atomic mass is 9.89. The Balaban J connectivity index is 1.40. The van der Waals surface area contributed by atoms with E-state index in [9.17, 15) is 14.4 Å². The van der Waals surface area contributed by atoms with Crippen molar-refractivity contribution < 1.29 is 19.1 Å². The van der Waals surface area contributed by atoms with Crippen LogP contribution in [0.4, 0.5) is 0 Å². The Bertz CT molecular complexity index is 878. The topological polar surface area (TPSA) is 79.0 Å². The number of nitrogens with zero attached hydrogens (tertiary/aromatic N) is 2. The van der Waals surface area contributed by atoms with E-state index in [2.05, 4.69) is 29.3 Å². The van der Waals surface area contributed by atoms with Gasteiger partial charge in [-0.05, 0) is 74.8 Å². The van der Waals surface area contributed by atoms with Crippen molar-refractivity contribution in [3.63, 3.8) is 0 Å². The maximum Gasteiger partial charge on any atom is 0.251 e. The number of carbonyl (C=O) groups is 3. The number of hydrogen-bond acceptors (Lipinski definition) is 5. The Hall–Kier alpha value is -2.25. The molecule has 186 valence electrons. The second kappa shape index (κ2) is 11.0. The lowest BCUT2D eigenvalue weighted by Gasteiger charge is -2.32. The van der Waals surface area contributed by atoms with E-state index in [1.165, 1.54) is 18.5 Å². The summed E-state index contributed by atoms with van der Waals surface area (Å²) in [6.07, 6.45) is 4.71. The van der Waals surface area contributed by atoms with Gasteiger partial charge in [0.25, 0.3) is 5.91 Å². The maximum atomic E-state index is 13.4. The first-order valence-corrected chi connectivity index (χ1v) is 13.0.